The maximum Gasteiger partial charge on any atom is 0.328 e. The average Bonchev–Trinajstić information content (AvgIpc) is 2.42. The number of benzene rings is 1. The highest BCUT2D eigenvalue weighted by molar-refractivity contribution is 9.10. The van der Waals surface area contributed by atoms with Gasteiger partial charge in [0.15, 0.2) is 0 Å². The Morgan fingerprint density at radius 1 is 1.55 bits per heavy atom. The van der Waals surface area contributed by atoms with Gasteiger partial charge in [0.25, 0.3) is 0 Å². The van der Waals surface area contributed by atoms with E-state index in [0.717, 1.165) is 34.0 Å². The summed E-state index contributed by atoms with van der Waals surface area (Å²) in [5.41, 5.74) is 1.99. The van der Waals surface area contributed by atoms with Crippen molar-refractivity contribution in [3.8, 4) is 0 Å². The summed E-state index contributed by atoms with van der Waals surface area (Å²) >= 11 is 5.35. The first-order valence-corrected chi connectivity index (χ1v) is 8.60. The van der Waals surface area contributed by atoms with Gasteiger partial charge in [-0.1, -0.05) is 28.9 Å². The van der Waals surface area contributed by atoms with Gasteiger partial charge in [-0.3, -0.25) is 0 Å². The molecule has 0 spiro atoms. The Morgan fingerprint density at radius 2 is 2.25 bits per heavy atom. The number of halogens is 1. The Morgan fingerprint density at radius 3 is 2.75 bits per heavy atom. The van der Waals surface area contributed by atoms with Crippen molar-refractivity contribution in [3.63, 3.8) is 0 Å². The van der Waals surface area contributed by atoms with E-state index >= 15 is 0 Å². The molecule has 1 atom stereocenters. The van der Waals surface area contributed by atoms with Crippen molar-refractivity contribution in [2.75, 3.05) is 24.0 Å². The van der Waals surface area contributed by atoms with Gasteiger partial charge >= 0.3 is 5.97 Å². The molecule has 0 heterocycles. The third kappa shape index (κ3) is 4.87. The van der Waals surface area contributed by atoms with Crippen LogP contribution in [0.5, 0.6) is 0 Å². The molecule has 5 heteroatoms. The van der Waals surface area contributed by atoms with Gasteiger partial charge in [0, 0.05) is 35.1 Å². The van der Waals surface area contributed by atoms with Gasteiger partial charge in [0.05, 0.1) is 0 Å². The molecule has 3 nitrogen and oxygen atoms in total. The molecule has 0 fully saturated rings. The summed E-state index contributed by atoms with van der Waals surface area (Å²) in [6.07, 6.45) is 5.95. The molecular formula is C15H20BrNO2S. The average molecular weight is 358 g/mol. The predicted molar refractivity (Wildman–Crippen MR) is 91.7 cm³/mol. The van der Waals surface area contributed by atoms with Crippen LogP contribution in [-0.4, -0.2) is 36.2 Å². The van der Waals surface area contributed by atoms with Crippen LogP contribution < -0.4 is 4.90 Å². The first-order chi connectivity index (χ1) is 9.49. The Kier molecular flexibility index (Phi) is 7.16. The minimum Gasteiger partial charge on any atom is -0.478 e. The van der Waals surface area contributed by atoms with Gasteiger partial charge in [-0.05, 0) is 36.4 Å². The van der Waals surface area contributed by atoms with E-state index in [-0.39, 0.29) is 0 Å². The minimum absolute atomic E-state index is 0.498. The second kappa shape index (κ2) is 8.37. The van der Waals surface area contributed by atoms with E-state index < -0.39 is 5.97 Å². The molecule has 0 aliphatic carbocycles. The molecule has 0 saturated carbocycles. The monoisotopic (exact) mass is 357 g/mol. The van der Waals surface area contributed by atoms with E-state index in [9.17, 15) is 4.79 Å². The molecule has 0 bridgehead atoms. The van der Waals surface area contributed by atoms with Crippen molar-refractivity contribution in [3.05, 3.63) is 34.3 Å². The topological polar surface area (TPSA) is 40.5 Å². The van der Waals surface area contributed by atoms with Gasteiger partial charge in [0.2, 0.25) is 0 Å². The zero-order valence-electron chi connectivity index (χ0n) is 12.0. The van der Waals surface area contributed by atoms with Crippen LogP contribution in [-0.2, 0) is 4.79 Å². The smallest absolute Gasteiger partial charge is 0.328 e. The molecule has 20 heavy (non-hydrogen) atoms. The van der Waals surface area contributed by atoms with E-state index in [2.05, 4.69) is 41.1 Å². The van der Waals surface area contributed by atoms with Crippen LogP contribution in [0.1, 0.15) is 18.9 Å². The van der Waals surface area contributed by atoms with Gasteiger partial charge < -0.3 is 10.0 Å². The van der Waals surface area contributed by atoms with Crippen LogP contribution in [0, 0.1) is 0 Å². The number of hydrogen-bond acceptors (Lipinski definition) is 3. The summed E-state index contributed by atoms with van der Waals surface area (Å²) in [6, 6.07) is 6.48. The molecular weight excluding hydrogens is 338 g/mol. The van der Waals surface area contributed by atoms with Crippen molar-refractivity contribution in [1.29, 1.82) is 0 Å². The van der Waals surface area contributed by atoms with E-state index in [4.69, 9.17) is 5.11 Å². The lowest BCUT2D eigenvalue weighted by Crippen LogP contribution is -2.33. The van der Waals surface area contributed by atoms with Crippen molar-refractivity contribution in [2.24, 2.45) is 0 Å². The van der Waals surface area contributed by atoms with Crippen molar-refractivity contribution in [2.45, 2.75) is 19.4 Å². The summed E-state index contributed by atoms with van der Waals surface area (Å²) in [5.74, 6) is 0.148. The lowest BCUT2D eigenvalue weighted by Gasteiger charge is -2.29. The molecule has 110 valence electrons. The quantitative estimate of drug-likeness (QED) is 0.745. The van der Waals surface area contributed by atoms with Crippen LogP contribution in [0.3, 0.4) is 0 Å². The zero-order chi connectivity index (χ0) is 15.1. The molecule has 1 unspecified atom stereocenters. The van der Waals surface area contributed by atoms with Crippen molar-refractivity contribution < 1.29 is 9.90 Å². The van der Waals surface area contributed by atoms with Crippen LogP contribution in [0.4, 0.5) is 5.69 Å². The number of hydrogen-bond donors (Lipinski definition) is 1. The van der Waals surface area contributed by atoms with Crippen molar-refractivity contribution in [1.82, 2.24) is 0 Å². The minimum atomic E-state index is -0.941. The standard InChI is InChI=1S/C15H20BrNO2S/c1-4-12(10-20-3)17(2)13-7-5-11(14(16)9-13)6-8-15(18)19/h5-9,12H,4,10H2,1-3H3,(H,18,19)/b8-6+. The van der Waals surface area contributed by atoms with E-state index in [1.165, 1.54) is 0 Å². The molecule has 0 radical (unpaired) electrons. The van der Waals surface area contributed by atoms with Gasteiger partial charge in [-0.15, -0.1) is 0 Å². The summed E-state index contributed by atoms with van der Waals surface area (Å²) < 4.78 is 0.901. The van der Waals surface area contributed by atoms with Gasteiger partial charge in [0.1, 0.15) is 0 Å². The summed E-state index contributed by atoms with van der Waals surface area (Å²) in [4.78, 5) is 12.8. The molecule has 1 N–H and O–H groups in total. The van der Waals surface area contributed by atoms with E-state index in [1.807, 2.05) is 30.0 Å². The zero-order valence-corrected chi connectivity index (χ0v) is 14.4. The third-order valence-corrected chi connectivity index (χ3v) is 4.58. The number of rotatable bonds is 7. The summed E-state index contributed by atoms with van der Waals surface area (Å²) in [5, 5.41) is 8.66. The SMILES string of the molecule is CCC(CSC)N(C)c1ccc(/C=C/C(=O)O)c(Br)c1. The van der Waals surface area contributed by atoms with Crippen LogP contribution in [0.15, 0.2) is 28.7 Å². The first kappa shape index (κ1) is 17.1. The molecule has 0 amide bonds. The van der Waals surface area contributed by atoms with E-state index in [0.29, 0.717) is 6.04 Å². The predicted octanol–water partition coefficient (Wildman–Crippen LogP) is 4.12. The second-order valence-electron chi connectivity index (χ2n) is 4.51. The number of carboxylic acids is 1. The number of carbonyl (C=O) groups is 1. The Balaban J connectivity index is 2.93. The Labute approximate surface area is 133 Å². The summed E-state index contributed by atoms with van der Waals surface area (Å²) in [7, 11) is 2.10. The lowest BCUT2D eigenvalue weighted by molar-refractivity contribution is -0.131. The first-order valence-electron chi connectivity index (χ1n) is 6.41. The molecule has 1 aromatic carbocycles. The molecule has 1 rings (SSSR count). The Bertz CT molecular complexity index is 491. The molecule has 0 aliphatic rings. The van der Waals surface area contributed by atoms with Crippen LogP contribution in [0.25, 0.3) is 6.08 Å². The second-order valence-corrected chi connectivity index (χ2v) is 6.27. The lowest BCUT2D eigenvalue weighted by atomic mass is 10.1. The fraction of sp³-hybridized carbons (Fsp3) is 0.400. The van der Waals surface area contributed by atoms with Gasteiger partial charge in [-0.25, -0.2) is 4.79 Å². The van der Waals surface area contributed by atoms with E-state index in [1.54, 1.807) is 6.08 Å². The maximum absolute atomic E-state index is 10.5. The Hall–Kier alpha value is -0.940. The normalized spacial score (nSPS) is 12.6. The number of anilines is 1. The van der Waals surface area contributed by atoms with Crippen LogP contribution in [0.2, 0.25) is 0 Å². The van der Waals surface area contributed by atoms with Crippen molar-refractivity contribution >= 4 is 45.4 Å². The summed E-state index contributed by atoms with van der Waals surface area (Å²) in [6.45, 7) is 2.19. The largest absolute Gasteiger partial charge is 0.478 e. The molecule has 0 saturated heterocycles. The molecule has 0 aromatic heterocycles. The highest BCUT2D eigenvalue weighted by Crippen LogP contribution is 2.26. The number of thioether (sulfide) groups is 1. The fourth-order valence-electron chi connectivity index (χ4n) is 1.94. The molecule has 1 aromatic rings. The van der Waals surface area contributed by atoms with Crippen LogP contribution >= 0.6 is 27.7 Å². The molecule has 0 aliphatic heterocycles. The number of carboxylic acid groups (broad SMARTS) is 1. The van der Waals surface area contributed by atoms with Gasteiger partial charge in [-0.2, -0.15) is 11.8 Å². The number of nitrogens with zero attached hydrogens (tertiary/aromatic N) is 1. The third-order valence-electron chi connectivity index (χ3n) is 3.17. The fourth-order valence-corrected chi connectivity index (χ4v) is 3.28. The highest BCUT2D eigenvalue weighted by Gasteiger charge is 2.13. The maximum atomic E-state index is 10.5. The highest BCUT2D eigenvalue weighted by atomic mass is 79.9. The number of aliphatic carboxylic acids is 1.